The smallest absolute Gasteiger partial charge is 0.225 e. The monoisotopic (exact) mass is 418 g/mol. The number of nitrogens with zero attached hydrogens (tertiary/aromatic N) is 3. The Morgan fingerprint density at radius 1 is 1.19 bits per heavy atom. The van der Waals surface area contributed by atoms with E-state index in [9.17, 15) is 9.18 Å². The quantitative estimate of drug-likeness (QED) is 0.653. The molecule has 1 aliphatic heterocycles. The average molecular weight is 419 g/mol. The van der Waals surface area contributed by atoms with Gasteiger partial charge in [0.15, 0.2) is 5.82 Å². The van der Waals surface area contributed by atoms with Crippen LogP contribution in [0.2, 0.25) is 0 Å². The number of halogens is 1. The molecule has 0 radical (unpaired) electrons. The summed E-state index contributed by atoms with van der Waals surface area (Å²) < 4.78 is 13.6. The van der Waals surface area contributed by atoms with E-state index in [2.05, 4.69) is 51.4 Å². The second-order valence-corrected chi connectivity index (χ2v) is 8.17. The van der Waals surface area contributed by atoms with Gasteiger partial charge < -0.3 is 10.2 Å². The maximum Gasteiger partial charge on any atom is 0.225 e. The molecule has 5 nitrogen and oxygen atoms in total. The summed E-state index contributed by atoms with van der Waals surface area (Å²) in [5, 5.41) is 3.16. The molecular weight excluding hydrogens is 391 g/mol. The predicted octanol–water partition coefficient (Wildman–Crippen LogP) is 4.68. The lowest BCUT2D eigenvalue weighted by Crippen LogP contribution is -2.44. The second-order valence-electron chi connectivity index (χ2n) is 8.17. The maximum absolute atomic E-state index is 13.6. The van der Waals surface area contributed by atoms with Crippen LogP contribution >= 0.6 is 0 Å². The van der Waals surface area contributed by atoms with Gasteiger partial charge in [-0.15, -0.1) is 0 Å². The molecule has 1 aromatic heterocycles. The van der Waals surface area contributed by atoms with Crippen LogP contribution in [0.3, 0.4) is 0 Å². The van der Waals surface area contributed by atoms with E-state index in [1.165, 1.54) is 17.7 Å². The summed E-state index contributed by atoms with van der Waals surface area (Å²) in [5.41, 5.74) is 2.94. The second kappa shape index (κ2) is 9.25. The van der Waals surface area contributed by atoms with Crippen molar-refractivity contribution in [2.45, 2.75) is 32.7 Å². The first kappa shape index (κ1) is 21.0. The fourth-order valence-corrected chi connectivity index (χ4v) is 3.96. The van der Waals surface area contributed by atoms with Crippen molar-refractivity contribution in [1.82, 2.24) is 15.3 Å². The van der Waals surface area contributed by atoms with Gasteiger partial charge in [0, 0.05) is 24.8 Å². The van der Waals surface area contributed by atoms with Crippen LogP contribution in [0.4, 0.5) is 10.2 Å². The summed E-state index contributed by atoms with van der Waals surface area (Å²) in [6.45, 7) is 5.50. The number of aryl methyl sites for hydroxylation is 1. The minimum absolute atomic E-state index is 0.0397. The number of carbonyl (C=O) groups is 1. The standard InChI is InChI=1S/C25H27FN4O/c1-17-8-10-19(11-9-17)18(2)28-25(31)21-6-4-14-30(16-21)23-12-13-27-24(29-23)20-5-3-7-22(26)15-20/h3,5,7-13,15,18,21H,4,6,14,16H2,1-2H3,(H,28,31)/t18-,21-/m1/s1. The molecule has 160 valence electrons. The number of rotatable bonds is 5. The number of benzene rings is 2. The van der Waals surface area contributed by atoms with Gasteiger partial charge in [-0.3, -0.25) is 4.79 Å². The Morgan fingerprint density at radius 3 is 2.77 bits per heavy atom. The van der Waals surface area contributed by atoms with Gasteiger partial charge in [0.1, 0.15) is 11.6 Å². The highest BCUT2D eigenvalue weighted by atomic mass is 19.1. The molecule has 3 aromatic rings. The Balaban J connectivity index is 1.44. The number of aromatic nitrogens is 2. The van der Waals surface area contributed by atoms with Crippen LogP contribution in [0.25, 0.3) is 11.4 Å². The third-order valence-corrected chi connectivity index (χ3v) is 5.78. The van der Waals surface area contributed by atoms with Crippen LogP contribution in [-0.2, 0) is 4.79 Å². The third kappa shape index (κ3) is 5.08. The molecule has 2 aromatic carbocycles. The normalized spacial score (nSPS) is 17.3. The Kier molecular flexibility index (Phi) is 6.26. The molecule has 0 spiro atoms. The molecule has 1 amide bonds. The molecule has 1 fully saturated rings. The zero-order valence-corrected chi connectivity index (χ0v) is 17.9. The van der Waals surface area contributed by atoms with Crippen molar-refractivity contribution in [3.63, 3.8) is 0 Å². The largest absolute Gasteiger partial charge is 0.356 e. The number of anilines is 1. The zero-order chi connectivity index (χ0) is 21.8. The lowest BCUT2D eigenvalue weighted by Gasteiger charge is -2.33. The fraction of sp³-hybridized carbons (Fsp3) is 0.320. The number of amides is 1. The van der Waals surface area contributed by atoms with Gasteiger partial charge in [0.2, 0.25) is 5.91 Å². The fourth-order valence-electron chi connectivity index (χ4n) is 3.96. The minimum atomic E-state index is -0.316. The molecule has 1 saturated heterocycles. The van der Waals surface area contributed by atoms with Gasteiger partial charge in [0.05, 0.1) is 12.0 Å². The van der Waals surface area contributed by atoms with Gasteiger partial charge in [-0.2, -0.15) is 0 Å². The van der Waals surface area contributed by atoms with Crippen molar-refractivity contribution in [3.8, 4) is 11.4 Å². The van der Waals surface area contributed by atoms with Crippen LogP contribution in [0.1, 0.15) is 36.9 Å². The van der Waals surface area contributed by atoms with Crippen molar-refractivity contribution in [3.05, 3.63) is 77.7 Å². The van der Waals surface area contributed by atoms with E-state index in [0.717, 1.165) is 30.8 Å². The summed E-state index contributed by atoms with van der Waals surface area (Å²) in [4.78, 5) is 24.0. The van der Waals surface area contributed by atoms with E-state index in [-0.39, 0.29) is 23.7 Å². The summed E-state index contributed by atoms with van der Waals surface area (Å²) in [7, 11) is 0. The lowest BCUT2D eigenvalue weighted by atomic mass is 9.96. The Morgan fingerprint density at radius 2 is 2.00 bits per heavy atom. The number of hydrogen-bond acceptors (Lipinski definition) is 4. The summed E-state index contributed by atoms with van der Waals surface area (Å²) in [5.74, 6) is 0.894. The van der Waals surface area contributed by atoms with Crippen molar-refractivity contribution in [1.29, 1.82) is 0 Å². The van der Waals surface area contributed by atoms with Gasteiger partial charge >= 0.3 is 0 Å². The van der Waals surface area contributed by atoms with Crippen molar-refractivity contribution in [2.24, 2.45) is 5.92 Å². The Hall–Kier alpha value is -3.28. The lowest BCUT2D eigenvalue weighted by molar-refractivity contribution is -0.125. The summed E-state index contributed by atoms with van der Waals surface area (Å²) in [6, 6.07) is 16.3. The first-order chi connectivity index (χ1) is 15.0. The molecule has 0 unspecified atom stereocenters. The number of carbonyl (C=O) groups excluding carboxylic acids is 1. The predicted molar refractivity (Wildman–Crippen MR) is 120 cm³/mol. The number of nitrogens with one attached hydrogen (secondary N) is 1. The molecular formula is C25H27FN4O. The summed E-state index contributed by atoms with van der Waals surface area (Å²) in [6.07, 6.45) is 3.45. The average Bonchev–Trinajstić information content (AvgIpc) is 2.79. The highest BCUT2D eigenvalue weighted by Crippen LogP contribution is 2.25. The van der Waals surface area contributed by atoms with Crippen molar-refractivity contribution < 1.29 is 9.18 Å². The van der Waals surface area contributed by atoms with E-state index < -0.39 is 0 Å². The highest BCUT2D eigenvalue weighted by molar-refractivity contribution is 5.80. The molecule has 0 saturated carbocycles. The molecule has 0 aliphatic carbocycles. The number of hydrogen-bond donors (Lipinski definition) is 1. The van der Waals surface area contributed by atoms with Crippen molar-refractivity contribution in [2.75, 3.05) is 18.0 Å². The summed E-state index contributed by atoms with van der Waals surface area (Å²) >= 11 is 0. The van der Waals surface area contributed by atoms with E-state index in [0.29, 0.717) is 17.9 Å². The molecule has 2 atom stereocenters. The van der Waals surface area contributed by atoms with Crippen LogP contribution < -0.4 is 10.2 Å². The molecule has 1 aliphatic rings. The molecule has 31 heavy (non-hydrogen) atoms. The van der Waals surface area contributed by atoms with Crippen LogP contribution in [0, 0.1) is 18.7 Å². The van der Waals surface area contributed by atoms with Crippen LogP contribution in [0.5, 0.6) is 0 Å². The Bertz CT molecular complexity index is 1050. The minimum Gasteiger partial charge on any atom is -0.356 e. The first-order valence-electron chi connectivity index (χ1n) is 10.7. The molecule has 4 rings (SSSR count). The molecule has 0 bridgehead atoms. The first-order valence-corrected chi connectivity index (χ1v) is 10.7. The van der Waals surface area contributed by atoms with E-state index in [4.69, 9.17) is 0 Å². The van der Waals surface area contributed by atoms with Crippen LogP contribution in [0.15, 0.2) is 60.8 Å². The molecule has 6 heteroatoms. The Labute approximate surface area is 182 Å². The van der Waals surface area contributed by atoms with Gasteiger partial charge in [0.25, 0.3) is 0 Å². The molecule has 1 N–H and O–H groups in total. The highest BCUT2D eigenvalue weighted by Gasteiger charge is 2.27. The maximum atomic E-state index is 13.6. The van der Waals surface area contributed by atoms with E-state index >= 15 is 0 Å². The van der Waals surface area contributed by atoms with Gasteiger partial charge in [-0.05, 0) is 50.5 Å². The zero-order valence-electron chi connectivity index (χ0n) is 17.9. The van der Waals surface area contributed by atoms with Gasteiger partial charge in [-0.1, -0.05) is 42.0 Å². The third-order valence-electron chi connectivity index (χ3n) is 5.78. The van der Waals surface area contributed by atoms with Crippen molar-refractivity contribution >= 4 is 11.7 Å². The van der Waals surface area contributed by atoms with Crippen LogP contribution in [-0.4, -0.2) is 29.0 Å². The SMILES string of the molecule is Cc1ccc([C@@H](C)NC(=O)[C@@H]2CCCN(c3ccnc(-c4cccc(F)c4)n3)C2)cc1. The molecule has 2 heterocycles. The number of piperidine rings is 1. The van der Waals surface area contributed by atoms with Gasteiger partial charge in [-0.25, -0.2) is 14.4 Å². The van der Waals surface area contributed by atoms with E-state index in [1.54, 1.807) is 18.3 Å². The topological polar surface area (TPSA) is 58.1 Å². The van der Waals surface area contributed by atoms with E-state index in [1.807, 2.05) is 13.0 Å².